The lowest BCUT2D eigenvalue weighted by molar-refractivity contribution is -0.150. The first-order chi connectivity index (χ1) is 14.1. The minimum absolute atomic E-state index is 0.0527. The van der Waals surface area contributed by atoms with E-state index in [1.807, 2.05) is 35.2 Å². The molecule has 4 rings (SSSR count). The number of aromatic amines is 1. The lowest BCUT2D eigenvalue weighted by Crippen LogP contribution is -2.49. The highest BCUT2D eigenvalue weighted by Gasteiger charge is 2.34. The van der Waals surface area contributed by atoms with Crippen LogP contribution in [0.5, 0.6) is 0 Å². The third kappa shape index (κ3) is 3.99. The van der Waals surface area contributed by atoms with Gasteiger partial charge in [0.05, 0.1) is 18.9 Å². The first kappa shape index (κ1) is 19.5. The highest BCUT2D eigenvalue weighted by molar-refractivity contribution is 5.98. The van der Waals surface area contributed by atoms with Crippen molar-refractivity contribution in [2.75, 3.05) is 33.3 Å². The maximum absolute atomic E-state index is 13.0. The van der Waals surface area contributed by atoms with Gasteiger partial charge in [-0.1, -0.05) is 18.2 Å². The van der Waals surface area contributed by atoms with Crippen molar-refractivity contribution in [3.05, 3.63) is 36.0 Å². The van der Waals surface area contributed by atoms with Crippen LogP contribution >= 0.6 is 0 Å². The number of nitrogens with zero attached hydrogens (tertiary/aromatic N) is 2. The summed E-state index contributed by atoms with van der Waals surface area (Å²) in [6.07, 6.45) is 2.90. The van der Waals surface area contributed by atoms with E-state index in [1.165, 1.54) is 7.11 Å². The van der Waals surface area contributed by atoms with Gasteiger partial charge in [0.2, 0.25) is 5.91 Å². The maximum atomic E-state index is 13.0. The van der Waals surface area contributed by atoms with Gasteiger partial charge < -0.3 is 19.5 Å². The number of esters is 1. The van der Waals surface area contributed by atoms with E-state index in [0.717, 1.165) is 23.7 Å². The summed E-state index contributed by atoms with van der Waals surface area (Å²) in [7, 11) is 1.40. The van der Waals surface area contributed by atoms with Gasteiger partial charge in [-0.2, -0.15) is 0 Å². The van der Waals surface area contributed by atoms with E-state index in [4.69, 9.17) is 4.74 Å². The molecule has 3 heterocycles. The average molecular weight is 397 g/mol. The minimum Gasteiger partial charge on any atom is -0.469 e. The van der Waals surface area contributed by atoms with Crippen LogP contribution in [-0.4, -0.2) is 65.9 Å². The lowest BCUT2D eigenvalue weighted by atomic mass is 9.92. The summed E-state index contributed by atoms with van der Waals surface area (Å²) < 4.78 is 4.82. The second-order valence-corrected chi connectivity index (χ2v) is 7.98. The standard InChI is InChI=1S/C22H27N3O4/c1-29-22(28)15-8-11-24(12-9-15)20(26)17-6-4-10-25(14-17)21(27)19-13-16-5-2-3-7-18(16)23-19/h2-3,5,7,13,15,17,23H,4,6,8-12,14H2,1H3/t17-/m1/s1. The quantitative estimate of drug-likeness (QED) is 0.807. The fourth-order valence-corrected chi connectivity index (χ4v) is 4.48. The molecule has 2 fully saturated rings. The van der Waals surface area contributed by atoms with Gasteiger partial charge in [0.25, 0.3) is 5.91 Å². The molecule has 1 aromatic heterocycles. The molecule has 1 N–H and O–H groups in total. The van der Waals surface area contributed by atoms with Crippen LogP contribution in [0.2, 0.25) is 0 Å². The number of benzene rings is 1. The fourth-order valence-electron chi connectivity index (χ4n) is 4.48. The minimum atomic E-state index is -0.190. The van der Waals surface area contributed by atoms with E-state index in [-0.39, 0.29) is 29.6 Å². The molecule has 0 spiro atoms. The van der Waals surface area contributed by atoms with Gasteiger partial charge in [-0.3, -0.25) is 14.4 Å². The van der Waals surface area contributed by atoms with Crippen molar-refractivity contribution in [1.82, 2.24) is 14.8 Å². The SMILES string of the molecule is COC(=O)C1CCN(C(=O)[C@@H]2CCCN(C(=O)c3cc4ccccc4[nH]3)C2)CC1. The normalized spacial score (nSPS) is 20.7. The monoisotopic (exact) mass is 397 g/mol. The molecule has 154 valence electrons. The molecule has 2 aromatic rings. The number of fused-ring (bicyclic) bond motifs is 1. The molecule has 7 heteroatoms. The molecule has 2 amide bonds. The van der Waals surface area contributed by atoms with Crippen LogP contribution in [0.3, 0.4) is 0 Å². The molecule has 2 saturated heterocycles. The number of carbonyl (C=O) groups excluding carboxylic acids is 3. The molecule has 0 bridgehead atoms. The summed E-state index contributed by atoms with van der Waals surface area (Å²) in [5, 5.41) is 1.01. The molecular formula is C22H27N3O4. The number of likely N-dealkylation sites (tertiary alicyclic amines) is 2. The van der Waals surface area contributed by atoms with Gasteiger partial charge in [0.15, 0.2) is 0 Å². The van der Waals surface area contributed by atoms with Gasteiger partial charge in [0.1, 0.15) is 5.69 Å². The number of piperidine rings is 2. The number of hydrogen-bond acceptors (Lipinski definition) is 4. The summed E-state index contributed by atoms with van der Waals surface area (Å²) in [6.45, 7) is 2.27. The first-order valence-electron chi connectivity index (χ1n) is 10.3. The molecule has 2 aliphatic heterocycles. The Morgan fingerprint density at radius 3 is 2.48 bits per heavy atom. The van der Waals surface area contributed by atoms with Gasteiger partial charge in [-0.05, 0) is 37.8 Å². The Hall–Kier alpha value is -2.83. The zero-order chi connectivity index (χ0) is 20.4. The van der Waals surface area contributed by atoms with E-state index in [2.05, 4.69) is 4.98 Å². The smallest absolute Gasteiger partial charge is 0.308 e. The topological polar surface area (TPSA) is 82.7 Å². The van der Waals surface area contributed by atoms with Gasteiger partial charge in [0, 0.05) is 37.1 Å². The number of H-pyrrole nitrogens is 1. The number of rotatable bonds is 3. The van der Waals surface area contributed by atoms with Crippen LogP contribution in [0.4, 0.5) is 0 Å². The summed E-state index contributed by atoms with van der Waals surface area (Å²) >= 11 is 0. The van der Waals surface area contributed by atoms with Crippen molar-refractivity contribution in [3.63, 3.8) is 0 Å². The molecule has 0 aliphatic carbocycles. The van der Waals surface area contributed by atoms with Crippen LogP contribution in [0.25, 0.3) is 10.9 Å². The Balaban J connectivity index is 1.38. The van der Waals surface area contributed by atoms with Crippen LogP contribution in [0.1, 0.15) is 36.2 Å². The highest BCUT2D eigenvalue weighted by Crippen LogP contribution is 2.25. The third-order valence-electron chi connectivity index (χ3n) is 6.16. The third-order valence-corrected chi connectivity index (χ3v) is 6.16. The summed E-state index contributed by atoms with van der Waals surface area (Å²) in [5.41, 5.74) is 1.51. The van der Waals surface area contributed by atoms with Crippen LogP contribution in [0, 0.1) is 11.8 Å². The Morgan fingerprint density at radius 1 is 1.00 bits per heavy atom. The molecule has 0 unspecified atom stereocenters. The van der Waals surface area contributed by atoms with E-state index in [9.17, 15) is 14.4 Å². The predicted molar refractivity (Wildman–Crippen MR) is 108 cm³/mol. The summed E-state index contributed by atoms with van der Waals surface area (Å²) in [4.78, 5) is 44.5. The number of amides is 2. The number of carbonyl (C=O) groups is 3. The number of nitrogens with one attached hydrogen (secondary N) is 1. The van der Waals surface area contributed by atoms with Crippen molar-refractivity contribution in [2.24, 2.45) is 11.8 Å². The summed E-state index contributed by atoms with van der Waals surface area (Å²) in [5.74, 6) is -0.433. The van der Waals surface area contributed by atoms with Crippen molar-refractivity contribution >= 4 is 28.7 Å². The Labute approximate surface area is 170 Å². The number of methoxy groups -OCH3 is 1. The molecule has 2 aliphatic rings. The lowest BCUT2D eigenvalue weighted by Gasteiger charge is -2.37. The van der Waals surface area contributed by atoms with E-state index in [1.54, 1.807) is 4.90 Å². The molecule has 0 radical (unpaired) electrons. The molecular weight excluding hydrogens is 370 g/mol. The molecule has 1 atom stereocenters. The molecule has 29 heavy (non-hydrogen) atoms. The Kier molecular flexibility index (Phi) is 5.56. The molecule has 1 aromatic carbocycles. The zero-order valence-corrected chi connectivity index (χ0v) is 16.7. The largest absolute Gasteiger partial charge is 0.469 e. The van der Waals surface area contributed by atoms with Crippen LogP contribution < -0.4 is 0 Å². The number of ether oxygens (including phenoxy) is 1. The Morgan fingerprint density at radius 2 is 1.76 bits per heavy atom. The number of hydrogen-bond donors (Lipinski definition) is 1. The molecule has 0 saturated carbocycles. The van der Waals surface area contributed by atoms with E-state index in [0.29, 0.717) is 44.7 Å². The van der Waals surface area contributed by atoms with E-state index < -0.39 is 0 Å². The summed E-state index contributed by atoms with van der Waals surface area (Å²) in [6, 6.07) is 9.69. The van der Waals surface area contributed by atoms with Crippen LogP contribution in [-0.2, 0) is 14.3 Å². The van der Waals surface area contributed by atoms with Crippen molar-refractivity contribution < 1.29 is 19.1 Å². The second-order valence-electron chi connectivity index (χ2n) is 7.98. The molecule has 7 nitrogen and oxygen atoms in total. The fraction of sp³-hybridized carbons (Fsp3) is 0.500. The van der Waals surface area contributed by atoms with Crippen LogP contribution in [0.15, 0.2) is 30.3 Å². The highest BCUT2D eigenvalue weighted by atomic mass is 16.5. The number of para-hydroxylation sites is 1. The maximum Gasteiger partial charge on any atom is 0.308 e. The zero-order valence-electron chi connectivity index (χ0n) is 16.7. The predicted octanol–water partition coefficient (Wildman–Crippen LogP) is 2.43. The second kappa shape index (κ2) is 8.27. The van der Waals surface area contributed by atoms with Gasteiger partial charge in [-0.15, -0.1) is 0 Å². The van der Waals surface area contributed by atoms with Gasteiger partial charge >= 0.3 is 5.97 Å². The van der Waals surface area contributed by atoms with Gasteiger partial charge in [-0.25, -0.2) is 0 Å². The van der Waals surface area contributed by atoms with Crippen molar-refractivity contribution in [3.8, 4) is 0 Å². The van der Waals surface area contributed by atoms with Crippen molar-refractivity contribution in [2.45, 2.75) is 25.7 Å². The number of aromatic nitrogens is 1. The Bertz CT molecular complexity index is 881. The van der Waals surface area contributed by atoms with Crippen molar-refractivity contribution in [1.29, 1.82) is 0 Å². The first-order valence-corrected chi connectivity index (χ1v) is 10.3. The average Bonchev–Trinajstić information content (AvgIpc) is 3.22. The van der Waals surface area contributed by atoms with E-state index >= 15 is 0 Å².